The molecule has 0 aliphatic carbocycles. The van der Waals surface area contributed by atoms with Crippen LogP contribution in [0.3, 0.4) is 0 Å². The quantitative estimate of drug-likeness (QED) is 0.493. The van der Waals surface area contributed by atoms with Crippen LogP contribution in [0.4, 0.5) is 13.2 Å². The lowest BCUT2D eigenvalue weighted by Crippen LogP contribution is -2.51. The molecule has 11 heteroatoms. The average molecular weight is 502 g/mol. The van der Waals surface area contributed by atoms with Gasteiger partial charge in [-0.3, -0.25) is 14.6 Å². The molecule has 0 bridgehead atoms. The number of ether oxygens (including phenoxy) is 2. The van der Waals surface area contributed by atoms with Crippen molar-refractivity contribution in [1.82, 2.24) is 19.8 Å². The van der Waals surface area contributed by atoms with E-state index >= 15 is 0 Å². The first kappa shape index (κ1) is 25.5. The van der Waals surface area contributed by atoms with Crippen molar-refractivity contribution < 1.29 is 32.2 Å². The van der Waals surface area contributed by atoms with Gasteiger partial charge in [0, 0.05) is 38.9 Å². The SMILES string of the molecule is COCCN(CC1CN(C(=O)c2cnc3ccccc3n2)CCO1)C(=O)c1cccc(C(F)(F)F)c1. The van der Waals surface area contributed by atoms with Gasteiger partial charge in [-0.05, 0) is 30.3 Å². The van der Waals surface area contributed by atoms with Gasteiger partial charge in [-0.1, -0.05) is 18.2 Å². The maximum Gasteiger partial charge on any atom is 0.416 e. The summed E-state index contributed by atoms with van der Waals surface area (Å²) in [6.45, 7) is 1.18. The molecule has 2 aromatic carbocycles. The van der Waals surface area contributed by atoms with Crippen molar-refractivity contribution in [3.05, 3.63) is 71.5 Å². The van der Waals surface area contributed by atoms with Crippen LogP contribution in [0.25, 0.3) is 11.0 Å². The Morgan fingerprint density at radius 1 is 1.17 bits per heavy atom. The Balaban J connectivity index is 1.47. The molecule has 1 aliphatic heterocycles. The number of morpholine rings is 1. The Hall–Kier alpha value is -3.57. The summed E-state index contributed by atoms with van der Waals surface area (Å²) in [5, 5.41) is 0. The maximum atomic E-state index is 13.1. The lowest BCUT2D eigenvalue weighted by molar-refractivity contribution is -0.137. The van der Waals surface area contributed by atoms with E-state index < -0.39 is 23.8 Å². The maximum absolute atomic E-state index is 13.1. The number of hydrogen-bond donors (Lipinski definition) is 0. The van der Waals surface area contributed by atoms with Crippen molar-refractivity contribution in [2.45, 2.75) is 12.3 Å². The molecule has 0 saturated carbocycles. The number of alkyl halides is 3. The van der Waals surface area contributed by atoms with Crippen LogP contribution in [0.1, 0.15) is 26.4 Å². The minimum atomic E-state index is -4.56. The van der Waals surface area contributed by atoms with Crippen LogP contribution >= 0.6 is 0 Å². The number of hydrogen-bond acceptors (Lipinski definition) is 6. The molecule has 1 saturated heterocycles. The largest absolute Gasteiger partial charge is 0.416 e. The van der Waals surface area contributed by atoms with Gasteiger partial charge in [-0.2, -0.15) is 13.2 Å². The second-order valence-corrected chi connectivity index (χ2v) is 8.31. The highest BCUT2D eigenvalue weighted by molar-refractivity contribution is 5.95. The number of amides is 2. The number of para-hydroxylation sites is 2. The molecule has 1 fully saturated rings. The fraction of sp³-hybridized carbons (Fsp3) is 0.360. The minimum Gasteiger partial charge on any atom is -0.383 e. The summed E-state index contributed by atoms with van der Waals surface area (Å²) in [5.41, 5.74) is 0.491. The van der Waals surface area contributed by atoms with E-state index in [4.69, 9.17) is 9.47 Å². The molecule has 36 heavy (non-hydrogen) atoms. The number of nitrogens with zero attached hydrogens (tertiary/aromatic N) is 4. The average Bonchev–Trinajstić information content (AvgIpc) is 2.89. The monoisotopic (exact) mass is 502 g/mol. The van der Waals surface area contributed by atoms with Gasteiger partial charge in [-0.15, -0.1) is 0 Å². The van der Waals surface area contributed by atoms with Crippen molar-refractivity contribution >= 4 is 22.8 Å². The van der Waals surface area contributed by atoms with E-state index in [1.165, 1.54) is 30.3 Å². The molecule has 1 aromatic heterocycles. The van der Waals surface area contributed by atoms with Gasteiger partial charge in [0.25, 0.3) is 11.8 Å². The Bertz CT molecular complexity index is 1240. The molecule has 1 unspecified atom stereocenters. The number of rotatable bonds is 7. The fourth-order valence-electron chi connectivity index (χ4n) is 3.97. The lowest BCUT2D eigenvalue weighted by atomic mass is 10.1. The zero-order valence-electron chi connectivity index (χ0n) is 19.6. The summed E-state index contributed by atoms with van der Waals surface area (Å²) in [4.78, 5) is 37.9. The number of fused-ring (bicyclic) bond motifs is 1. The third kappa shape index (κ3) is 5.97. The van der Waals surface area contributed by atoms with E-state index in [-0.39, 0.29) is 50.0 Å². The standard InChI is InChI=1S/C25H25F3N4O4/c1-35-11-9-31(23(33)17-5-4-6-18(13-17)25(26,27)28)15-19-16-32(10-12-36-19)24(34)22-14-29-20-7-2-3-8-21(20)30-22/h2-8,13-14,19H,9-12,15-16H2,1H3. The lowest BCUT2D eigenvalue weighted by Gasteiger charge is -2.35. The van der Waals surface area contributed by atoms with Crippen LogP contribution in [0, 0.1) is 0 Å². The molecule has 3 aromatic rings. The molecular weight excluding hydrogens is 477 g/mol. The van der Waals surface area contributed by atoms with Gasteiger partial charge in [0.05, 0.1) is 42.1 Å². The van der Waals surface area contributed by atoms with Gasteiger partial charge in [0.1, 0.15) is 5.69 Å². The van der Waals surface area contributed by atoms with Crippen LogP contribution in [-0.2, 0) is 15.7 Å². The number of benzene rings is 2. The molecule has 0 spiro atoms. The molecule has 0 radical (unpaired) electrons. The molecule has 8 nitrogen and oxygen atoms in total. The van der Waals surface area contributed by atoms with Gasteiger partial charge >= 0.3 is 6.18 Å². The molecule has 2 heterocycles. The minimum absolute atomic E-state index is 0.0750. The summed E-state index contributed by atoms with van der Waals surface area (Å²) < 4.78 is 50.3. The van der Waals surface area contributed by atoms with E-state index in [0.717, 1.165) is 12.1 Å². The van der Waals surface area contributed by atoms with Crippen LogP contribution in [0.5, 0.6) is 0 Å². The van der Waals surface area contributed by atoms with Crippen LogP contribution < -0.4 is 0 Å². The van der Waals surface area contributed by atoms with Crippen molar-refractivity contribution in [2.75, 3.05) is 46.5 Å². The van der Waals surface area contributed by atoms with Gasteiger partial charge < -0.3 is 19.3 Å². The van der Waals surface area contributed by atoms with Crippen molar-refractivity contribution in [3.8, 4) is 0 Å². The predicted molar refractivity (Wildman–Crippen MR) is 124 cm³/mol. The Kier molecular flexibility index (Phi) is 7.80. The predicted octanol–water partition coefficient (Wildman–Crippen LogP) is 3.28. The summed E-state index contributed by atoms with van der Waals surface area (Å²) in [6, 6.07) is 11.5. The van der Waals surface area contributed by atoms with Gasteiger partial charge in [0.15, 0.2) is 0 Å². The number of aromatic nitrogens is 2. The summed E-state index contributed by atoms with van der Waals surface area (Å²) >= 11 is 0. The van der Waals surface area contributed by atoms with Gasteiger partial charge in [-0.25, -0.2) is 4.98 Å². The Morgan fingerprint density at radius 2 is 1.94 bits per heavy atom. The second-order valence-electron chi connectivity index (χ2n) is 8.31. The molecule has 1 aliphatic rings. The van der Waals surface area contributed by atoms with Gasteiger partial charge in [0.2, 0.25) is 0 Å². The zero-order chi connectivity index (χ0) is 25.7. The molecule has 190 valence electrons. The summed E-state index contributed by atoms with van der Waals surface area (Å²) in [6.07, 6.45) is -3.67. The number of halogens is 3. The number of carbonyl (C=O) groups excluding carboxylic acids is 2. The van der Waals surface area contributed by atoms with E-state index in [9.17, 15) is 22.8 Å². The number of methoxy groups -OCH3 is 1. The molecule has 1 atom stereocenters. The first-order valence-electron chi connectivity index (χ1n) is 11.3. The fourth-order valence-corrected chi connectivity index (χ4v) is 3.97. The molecule has 2 amide bonds. The van der Waals surface area contributed by atoms with Crippen LogP contribution in [0.15, 0.2) is 54.7 Å². The third-order valence-corrected chi connectivity index (χ3v) is 5.81. The Morgan fingerprint density at radius 3 is 2.69 bits per heavy atom. The van der Waals surface area contributed by atoms with E-state index in [1.54, 1.807) is 17.0 Å². The Labute approximate surface area is 205 Å². The van der Waals surface area contributed by atoms with Crippen molar-refractivity contribution in [1.29, 1.82) is 0 Å². The third-order valence-electron chi connectivity index (χ3n) is 5.81. The van der Waals surface area contributed by atoms with Crippen molar-refractivity contribution in [2.24, 2.45) is 0 Å². The van der Waals surface area contributed by atoms with E-state index in [1.807, 2.05) is 12.1 Å². The van der Waals surface area contributed by atoms with Crippen LogP contribution in [0.2, 0.25) is 0 Å². The highest BCUT2D eigenvalue weighted by Gasteiger charge is 2.32. The second kappa shape index (κ2) is 11.0. The normalized spacial score (nSPS) is 16.2. The first-order valence-corrected chi connectivity index (χ1v) is 11.3. The van der Waals surface area contributed by atoms with Crippen LogP contribution in [-0.4, -0.2) is 84.2 Å². The highest BCUT2D eigenvalue weighted by Crippen LogP contribution is 2.30. The first-order chi connectivity index (χ1) is 17.3. The topological polar surface area (TPSA) is 84.9 Å². The zero-order valence-corrected chi connectivity index (χ0v) is 19.6. The molecule has 0 N–H and O–H groups in total. The summed E-state index contributed by atoms with van der Waals surface area (Å²) in [5.74, 6) is -0.889. The van der Waals surface area contributed by atoms with E-state index in [2.05, 4.69) is 9.97 Å². The highest BCUT2D eigenvalue weighted by atomic mass is 19.4. The number of carbonyl (C=O) groups is 2. The molecule has 4 rings (SSSR count). The molecular formula is C25H25F3N4O4. The van der Waals surface area contributed by atoms with Crippen molar-refractivity contribution in [3.63, 3.8) is 0 Å². The van der Waals surface area contributed by atoms with E-state index in [0.29, 0.717) is 17.6 Å². The smallest absolute Gasteiger partial charge is 0.383 e. The summed E-state index contributed by atoms with van der Waals surface area (Å²) in [7, 11) is 1.47.